The minimum absolute atomic E-state index is 0.0162. The van der Waals surface area contributed by atoms with Gasteiger partial charge in [-0.15, -0.1) is 0 Å². The summed E-state index contributed by atoms with van der Waals surface area (Å²) in [6.07, 6.45) is 0.614. The molecule has 0 radical (unpaired) electrons. The van der Waals surface area contributed by atoms with Crippen molar-refractivity contribution in [2.24, 2.45) is 4.99 Å². The van der Waals surface area contributed by atoms with Crippen molar-refractivity contribution in [1.82, 2.24) is 10.2 Å². The molecule has 7 heteroatoms. The maximum absolute atomic E-state index is 14.0. The van der Waals surface area contributed by atoms with Crippen molar-refractivity contribution in [2.45, 2.75) is 33.0 Å². The molecule has 0 aliphatic carbocycles. The fraction of sp³-hybridized carbons (Fsp3) is 0.458. The molecule has 1 atom stereocenters. The fourth-order valence-electron chi connectivity index (χ4n) is 4.13. The van der Waals surface area contributed by atoms with E-state index in [1.54, 1.807) is 0 Å². The topological polar surface area (TPSA) is 55.3 Å². The number of hydrogen-bond donors (Lipinski definition) is 1. The summed E-state index contributed by atoms with van der Waals surface area (Å²) >= 11 is 0. The summed E-state index contributed by atoms with van der Waals surface area (Å²) in [6, 6.07) is 11.4. The molecule has 31 heavy (non-hydrogen) atoms. The van der Waals surface area contributed by atoms with Crippen LogP contribution in [-0.4, -0.2) is 50.4 Å². The minimum Gasteiger partial charge on any atom is -0.467 e. The molecule has 1 saturated heterocycles. The maximum atomic E-state index is 14.0. The summed E-state index contributed by atoms with van der Waals surface area (Å²) in [5, 5.41) is 3.39. The Morgan fingerprint density at radius 2 is 2.16 bits per heavy atom. The molecule has 1 fully saturated rings. The average molecular weight is 428 g/mol. The first-order valence-electron chi connectivity index (χ1n) is 10.9. The zero-order valence-corrected chi connectivity index (χ0v) is 18.2. The SMILES string of the molecule is CCNC(=NCCc1cc(F)cc2c1OCOC2)N1CCOC(c2ccccc2C)C1. The van der Waals surface area contributed by atoms with E-state index in [0.717, 1.165) is 42.5 Å². The number of guanidine groups is 1. The lowest BCUT2D eigenvalue weighted by molar-refractivity contribution is -0.0172. The van der Waals surface area contributed by atoms with Crippen LogP contribution in [0.2, 0.25) is 0 Å². The monoisotopic (exact) mass is 427 g/mol. The second kappa shape index (κ2) is 10.1. The molecule has 1 N–H and O–H groups in total. The van der Waals surface area contributed by atoms with E-state index in [-0.39, 0.29) is 18.7 Å². The number of nitrogens with one attached hydrogen (secondary N) is 1. The number of nitrogens with zero attached hydrogens (tertiary/aromatic N) is 2. The predicted octanol–water partition coefficient (Wildman–Crippen LogP) is 3.58. The Labute approximate surface area is 183 Å². The van der Waals surface area contributed by atoms with E-state index in [2.05, 4.69) is 42.3 Å². The first-order chi connectivity index (χ1) is 15.2. The highest BCUT2D eigenvalue weighted by Crippen LogP contribution is 2.30. The van der Waals surface area contributed by atoms with E-state index in [4.69, 9.17) is 19.2 Å². The number of halogens is 1. The van der Waals surface area contributed by atoms with Gasteiger partial charge in [0.05, 0.1) is 19.8 Å². The predicted molar refractivity (Wildman–Crippen MR) is 118 cm³/mol. The van der Waals surface area contributed by atoms with E-state index in [1.807, 2.05) is 6.07 Å². The van der Waals surface area contributed by atoms with Crippen LogP contribution in [0.5, 0.6) is 5.75 Å². The average Bonchev–Trinajstić information content (AvgIpc) is 2.79. The summed E-state index contributed by atoms with van der Waals surface area (Å²) < 4.78 is 31.0. The Balaban J connectivity index is 1.46. The minimum atomic E-state index is -0.270. The molecular weight excluding hydrogens is 397 g/mol. The molecule has 0 bridgehead atoms. The largest absolute Gasteiger partial charge is 0.467 e. The Hall–Kier alpha value is -2.64. The van der Waals surface area contributed by atoms with Gasteiger partial charge in [-0.1, -0.05) is 24.3 Å². The van der Waals surface area contributed by atoms with Crippen molar-refractivity contribution in [2.75, 3.05) is 39.6 Å². The van der Waals surface area contributed by atoms with Crippen LogP contribution in [-0.2, 0) is 22.5 Å². The lowest BCUT2D eigenvalue weighted by atomic mass is 10.0. The molecule has 6 nitrogen and oxygen atoms in total. The van der Waals surface area contributed by atoms with Crippen LogP contribution in [0.3, 0.4) is 0 Å². The van der Waals surface area contributed by atoms with Crippen LogP contribution < -0.4 is 10.1 Å². The van der Waals surface area contributed by atoms with Crippen LogP contribution in [0.25, 0.3) is 0 Å². The van der Waals surface area contributed by atoms with Gasteiger partial charge in [0.2, 0.25) is 0 Å². The summed E-state index contributed by atoms with van der Waals surface area (Å²) in [5.41, 5.74) is 4.04. The van der Waals surface area contributed by atoms with E-state index in [0.29, 0.717) is 26.2 Å². The number of hydrogen-bond acceptors (Lipinski definition) is 4. The molecule has 2 aliphatic rings. The van der Waals surface area contributed by atoms with Gasteiger partial charge < -0.3 is 24.4 Å². The van der Waals surface area contributed by atoms with Crippen molar-refractivity contribution in [3.63, 3.8) is 0 Å². The van der Waals surface area contributed by atoms with Crippen molar-refractivity contribution < 1.29 is 18.6 Å². The highest BCUT2D eigenvalue weighted by atomic mass is 19.1. The summed E-state index contributed by atoms with van der Waals surface area (Å²) in [5.74, 6) is 1.32. The molecule has 2 aromatic carbocycles. The van der Waals surface area contributed by atoms with Gasteiger partial charge in [0.1, 0.15) is 17.7 Å². The van der Waals surface area contributed by atoms with Crippen LogP contribution in [0.15, 0.2) is 41.4 Å². The van der Waals surface area contributed by atoms with E-state index >= 15 is 0 Å². The summed E-state index contributed by atoms with van der Waals surface area (Å²) in [6.45, 7) is 8.24. The molecule has 166 valence electrons. The lowest BCUT2D eigenvalue weighted by Crippen LogP contribution is -2.48. The first kappa shape index (κ1) is 21.6. The van der Waals surface area contributed by atoms with E-state index in [1.165, 1.54) is 23.3 Å². The van der Waals surface area contributed by atoms with Crippen molar-refractivity contribution >= 4 is 5.96 Å². The second-order valence-electron chi connectivity index (χ2n) is 7.81. The molecule has 2 aromatic rings. The third-order valence-electron chi connectivity index (χ3n) is 5.63. The molecule has 0 amide bonds. The first-order valence-corrected chi connectivity index (χ1v) is 10.9. The van der Waals surface area contributed by atoms with Crippen LogP contribution >= 0.6 is 0 Å². The standard InChI is InChI=1S/C24H30FN3O3/c1-3-26-24(28-10-11-30-22(14-28)21-7-5-4-6-17(21)2)27-9-8-18-12-20(25)13-19-15-29-16-31-23(18)19/h4-7,12-13,22H,3,8-11,14-16H2,1-2H3,(H,26,27). The smallest absolute Gasteiger partial charge is 0.194 e. The third-order valence-corrected chi connectivity index (χ3v) is 5.63. The second-order valence-corrected chi connectivity index (χ2v) is 7.81. The lowest BCUT2D eigenvalue weighted by Gasteiger charge is -2.35. The zero-order chi connectivity index (χ0) is 21.6. The molecule has 1 unspecified atom stereocenters. The number of benzene rings is 2. The molecule has 0 saturated carbocycles. The van der Waals surface area contributed by atoms with Crippen LogP contribution in [0.4, 0.5) is 4.39 Å². The van der Waals surface area contributed by atoms with Gasteiger partial charge in [-0.25, -0.2) is 4.39 Å². The van der Waals surface area contributed by atoms with E-state index < -0.39 is 0 Å². The Morgan fingerprint density at radius 3 is 3.00 bits per heavy atom. The molecule has 2 heterocycles. The third kappa shape index (κ3) is 5.17. The van der Waals surface area contributed by atoms with Gasteiger partial charge in [-0.2, -0.15) is 0 Å². The molecule has 0 spiro atoms. The van der Waals surface area contributed by atoms with E-state index in [9.17, 15) is 4.39 Å². The summed E-state index contributed by atoms with van der Waals surface area (Å²) in [7, 11) is 0. The van der Waals surface area contributed by atoms with Crippen molar-refractivity contribution in [3.05, 3.63) is 64.5 Å². The quantitative estimate of drug-likeness (QED) is 0.584. The normalized spacial score (nSPS) is 19.0. The Bertz CT molecular complexity index is 934. The Kier molecular flexibility index (Phi) is 7.04. The number of fused-ring (bicyclic) bond motifs is 1. The molecule has 2 aliphatic heterocycles. The fourth-order valence-corrected chi connectivity index (χ4v) is 4.13. The maximum Gasteiger partial charge on any atom is 0.194 e. The van der Waals surface area contributed by atoms with Gasteiger partial charge >= 0.3 is 0 Å². The van der Waals surface area contributed by atoms with Gasteiger partial charge in [0, 0.05) is 25.2 Å². The van der Waals surface area contributed by atoms with Gasteiger partial charge in [-0.05, 0) is 49.1 Å². The molecular formula is C24H30FN3O3. The highest BCUT2D eigenvalue weighted by Gasteiger charge is 2.25. The molecule has 4 rings (SSSR count). The van der Waals surface area contributed by atoms with Gasteiger partial charge in [0.15, 0.2) is 12.8 Å². The number of ether oxygens (including phenoxy) is 3. The number of aryl methyl sites for hydroxylation is 1. The number of rotatable bonds is 5. The van der Waals surface area contributed by atoms with Crippen molar-refractivity contribution in [1.29, 1.82) is 0 Å². The number of morpholine rings is 1. The highest BCUT2D eigenvalue weighted by molar-refractivity contribution is 5.80. The molecule has 0 aromatic heterocycles. The summed E-state index contributed by atoms with van der Waals surface area (Å²) in [4.78, 5) is 7.07. The Morgan fingerprint density at radius 1 is 1.29 bits per heavy atom. The van der Waals surface area contributed by atoms with Crippen LogP contribution in [0.1, 0.15) is 35.3 Å². The van der Waals surface area contributed by atoms with Crippen molar-refractivity contribution in [3.8, 4) is 5.75 Å². The van der Waals surface area contributed by atoms with Gasteiger partial charge in [-0.3, -0.25) is 4.99 Å². The van der Waals surface area contributed by atoms with Gasteiger partial charge in [0.25, 0.3) is 0 Å². The zero-order valence-electron chi connectivity index (χ0n) is 18.2. The van der Waals surface area contributed by atoms with Crippen LogP contribution in [0, 0.1) is 12.7 Å². The number of aliphatic imine (C=N–C) groups is 1.